The Balaban J connectivity index is 1.52. The predicted octanol–water partition coefficient (Wildman–Crippen LogP) is 1.94. The Morgan fingerprint density at radius 3 is 2.76 bits per heavy atom. The molecule has 25 heavy (non-hydrogen) atoms. The number of benzene rings is 1. The molecule has 1 aromatic carbocycles. The van der Waals surface area contributed by atoms with Crippen LogP contribution in [0.3, 0.4) is 0 Å². The number of aryl methyl sites for hydroxylation is 1. The monoisotopic (exact) mass is 339 g/mol. The van der Waals surface area contributed by atoms with Crippen LogP contribution in [0.2, 0.25) is 0 Å². The van der Waals surface area contributed by atoms with Crippen LogP contribution in [0.4, 0.5) is 0 Å². The van der Waals surface area contributed by atoms with Crippen molar-refractivity contribution in [2.24, 2.45) is 0 Å². The van der Waals surface area contributed by atoms with Crippen molar-refractivity contribution in [2.45, 2.75) is 50.7 Å². The largest absolute Gasteiger partial charge is 0.341 e. The number of fused-ring (bicyclic) bond motifs is 1. The number of nitrogens with zero attached hydrogens (tertiary/aromatic N) is 4. The molecule has 0 bridgehead atoms. The molecule has 1 saturated heterocycles. The van der Waals surface area contributed by atoms with Gasteiger partial charge in [-0.25, -0.2) is 9.67 Å². The smallest absolute Gasteiger partial charge is 0.244 e. The van der Waals surface area contributed by atoms with Crippen LogP contribution in [0, 0.1) is 0 Å². The Morgan fingerprint density at radius 1 is 1.16 bits per heavy atom. The maximum absolute atomic E-state index is 13.2. The van der Waals surface area contributed by atoms with Gasteiger partial charge in [-0.15, -0.1) is 0 Å². The van der Waals surface area contributed by atoms with Gasteiger partial charge in [0.15, 0.2) is 0 Å². The molecule has 0 radical (unpaired) electrons. The van der Waals surface area contributed by atoms with Crippen molar-refractivity contribution in [3.63, 3.8) is 0 Å². The lowest BCUT2D eigenvalue weighted by Crippen LogP contribution is -2.48. The van der Waals surface area contributed by atoms with Gasteiger partial charge in [-0.05, 0) is 31.2 Å². The Labute approximate surface area is 148 Å². The van der Waals surface area contributed by atoms with Gasteiger partial charge in [-0.1, -0.05) is 30.3 Å². The lowest BCUT2D eigenvalue weighted by atomic mass is 10.00. The van der Waals surface area contributed by atoms with Gasteiger partial charge in [-0.3, -0.25) is 10.1 Å². The van der Waals surface area contributed by atoms with Gasteiger partial charge < -0.3 is 4.90 Å². The van der Waals surface area contributed by atoms with Crippen LogP contribution in [-0.2, 0) is 17.8 Å². The molecule has 0 unspecified atom stereocenters. The Kier molecular flexibility index (Phi) is 4.78. The maximum atomic E-state index is 13.2. The van der Waals surface area contributed by atoms with Crippen LogP contribution in [0.15, 0.2) is 36.7 Å². The second kappa shape index (κ2) is 7.35. The van der Waals surface area contributed by atoms with Crippen molar-refractivity contribution in [1.82, 2.24) is 25.0 Å². The average molecular weight is 339 g/mol. The fourth-order valence-electron chi connectivity index (χ4n) is 3.86. The van der Waals surface area contributed by atoms with Gasteiger partial charge in [-0.2, -0.15) is 5.10 Å². The normalized spacial score (nSPS) is 21.6. The highest BCUT2D eigenvalue weighted by atomic mass is 16.2. The van der Waals surface area contributed by atoms with Crippen LogP contribution >= 0.6 is 0 Å². The first-order valence-electron chi connectivity index (χ1n) is 9.28. The van der Waals surface area contributed by atoms with Crippen molar-refractivity contribution in [3.05, 3.63) is 48.0 Å². The molecule has 1 N–H and O–H groups in total. The van der Waals surface area contributed by atoms with E-state index in [1.807, 2.05) is 39.9 Å². The third-order valence-corrected chi connectivity index (χ3v) is 5.26. The molecule has 3 heterocycles. The minimum absolute atomic E-state index is 0.204. The molecule has 2 atom stereocenters. The standard InChI is InChI=1S/C19H25N5O/c25-19(23-11-5-2-6-12-23)18(15-7-3-1-4-8-15)22-16-9-10-17-20-14-21-24(17)13-16/h1,3-4,7-8,14,16,18,22H,2,5-6,9-13H2/t16-,18-/m0/s1. The summed E-state index contributed by atoms with van der Waals surface area (Å²) in [4.78, 5) is 19.5. The number of nitrogens with one attached hydrogen (secondary N) is 1. The van der Waals surface area contributed by atoms with Gasteiger partial charge in [0.2, 0.25) is 5.91 Å². The zero-order valence-corrected chi connectivity index (χ0v) is 14.5. The van der Waals surface area contributed by atoms with Gasteiger partial charge in [0, 0.05) is 25.6 Å². The third kappa shape index (κ3) is 3.58. The number of amides is 1. The van der Waals surface area contributed by atoms with Gasteiger partial charge in [0.1, 0.15) is 18.2 Å². The number of aromatic nitrogens is 3. The number of carbonyl (C=O) groups is 1. The summed E-state index contributed by atoms with van der Waals surface area (Å²) in [5.41, 5.74) is 1.04. The van der Waals surface area contributed by atoms with E-state index in [2.05, 4.69) is 15.4 Å². The number of hydrogen-bond donors (Lipinski definition) is 1. The second-order valence-electron chi connectivity index (χ2n) is 6.99. The topological polar surface area (TPSA) is 63.1 Å². The van der Waals surface area contributed by atoms with E-state index in [1.54, 1.807) is 6.33 Å². The van der Waals surface area contributed by atoms with E-state index >= 15 is 0 Å². The summed E-state index contributed by atoms with van der Waals surface area (Å²) in [6.07, 6.45) is 6.95. The van der Waals surface area contributed by atoms with Crippen molar-refractivity contribution >= 4 is 5.91 Å². The fourth-order valence-corrected chi connectivity index (χ4v) is 3.86. The SMILES string of the molecule is O=C([C@@H](N[C@H]1CCc2ncnn2C1)c1ccccc1)N1CCCCC1. The summed E-state index contributed by atoms with van der Waals surface area (Å²) in [5.74, 6) is 1.24. The van der Waals surface area contributed by atoms with E-state index in [0.717, 1.165) is 56.7 Å². The van der Waals surface area contributed by atoms with E-state index in [1.165, 1.54) is 6.42 Å². The molecule has 0 saturated carbocycles. The molecule has 2 aromatic rings. The quantitative estimate of drug-likeness (QED) is 0.925. The Morgan fingerprint density at radius 2 is 1.96 bits per heavy atom. The van der Waals surface area contributed by atoms with E-state index in [-0.39, 0.29) is 18.0 Å². The van der Waals surface area contributed by atoms with E-state index in [9.17, 15) is 4.79 Å². The second-order valence-corrected chi connectivity index (χ2v) is 6.99. The van der Waals surface area contributed by atoms with Crippen LogP contribution in [0.1, 0.15) is 43.1 Å². The van der Waals surface area contributed by atoms with Crippen LogP contribution in [0.25, 0.3) is 0 Å². The molecule has 1 aromatic heterocycles. The minimum atomic E-state index is -0.283. The first kappa shape index (κ1) is 16.3. The zero-order chi connectivity index (χ0) is 17.1. The Bertz CT molecular complexity index is 708. The number of likely N-dealkylation sites (tertiary alicyclic amines) is 1. The summed E-state index contributed by atoms with van der Waals surface area (Å²) in [6.45, 7) is 2.52. The molecule has 2 aliphatic rings. The maximum Gasteiger partial charge on any atom is 0.244 e. The number of rotatable bonds is 4. The Hall–Kier alpha value is -2.21. The minimum Gasteiger partial charge on any atom is -0.341 e. The lowest BCUT2D eigenvalue weighted by molar-refractivity contribution is -0.134. The highest BCUT2D eigenvalue weighted by Crippen LogP contribution is 2.22. The molecule has 6 heteroatoms. The third-order valence-electron chi connectivity index (χ3n) is 5.26. The summed E-state index contributed by atoms with van der Waals surface area (Å²) >= 11 is 0. The molecule has 4 rings (SSSR count). The molecular formula is C19H25N5O. The molecule has 0 spiro atoms. The molecule has 1 amide bonds. The van der Waals surface area contributed by atoms with E-state index in [4.69, 9.17) is 0 Å². The van der Waals surface area contributed by atoms with Crippen LogP contribution < -0.4 is 5.32 Å². The molecule has 132 valence electrons. The number of carbonyl (C=O) groups excluding carboxylic acids is 1. The van der Waals surface area contributed by atoms with Crippen molar-refractivity contribution < 1.29 is 4.79 Å². The molecule has 0 aliphatic carbocycles. The predicted molar refractivity (Wildman–Crippen MR) is 94.9 cm³/mol. The first-order chi connectivity index (χ1) is 12.3. The van der Waals surface area contributed by atoms with E-state index in [0.29, 0.717) is 0 Å². The van der Waals surface area contributed by atoms with Gasteiger partial charge >= 0.3 is 0 Å². The fraction of sp³-hybridized carbons (Fsp3) is 0.526. The number of piperidine rings is 1. The zero-order valence-electron chi connectivity index (χ0n) is 14.5. The summed E-state index contributed by atoms with van der Waals surface area (Å²) in [5, 5.41) is 7.91. The first-order valence-corrected chi connectivity index (χ1v) is 9.28. The lowest BCUT2D eigenvalue weighted by Gasteiger charge is -2.34. The van der Waals surface area contributed by atoms with Crippen molar-refractivity contribution in [1.29, 1.82) is 0 Å². The van der Waals surface area contributed by atoms with Crippen LogP contribution in [0.5, 0.6) is 0 Å². The van der Waals surface area contributed by atoms with Crippen LogP contribution in [-0.4, -0.2) is 44.7 Å². The van der Waals surface area contributed by atoms with E-state index < -0.39 is 0 Å². The molecule has 6 nitrogen and oxygen atoms in total. The van der Waals surface area contributed by atoms with Gasteiger partial charge in [0.25, 0.3) is 0 Å². The molecular weight excluding hydrogens is 314 g/mol. The molecule has 2 aliphatic heterocycles. The van der Waals surface area contributed by atoms with Crippen molar-refractivity contribution in [2.75, 3.05) is 13.1 Å². The molecule has 1 fully saturated rings. The summed E-state index contributed by atoms with van der Waals surface area (Å²) in [7, 11) is 0. The summed E-state index contributed by atoms with van der Waals surface area (Å²) in [6, 6.07) is 10.0. The average Bonchev–Trinajstić information content (AvgIpc) is 3.15. The summed E-state index contributed by atoms with van der Waals surface area (Å²) < 4.78 is 1.95. The highest BCUT2D eigenvalue weighted by molar-refractivity contribution is 5.83. The van der Waals surface area contributed by atoms with Crippen molar-refractivity contribution in [3.8, 4) is 0 Å². The van der Waals surface area contributed by atoms with Gasteiger partial charge in [0.05, 0.1) is 6.54 Å². The number of hydrogen-bond acceptors (Lipinski definition) is 4. The highest BCUT2D eigenvalue weighted by Gasteiger charge is 2.30.